The summed E-state index contributed by atoms with van der Waals surface area (Å²) < 4.78 is 52.7. The average Bonchev–Trinajstić information content (AvgIpc) is 2.88. The molecule has 0 aliphatic heterocycles. The number of halogens is 1. The van der Waals surface area contributed by atoms with Crippen LogP contribution in [0.15, 0.2) is 65.6 Å². The van der Waals surface area contributed by atoms with E-state index in [1.165, 1.54) is 12.1 Å². The van der Waals surface area contributed by atoms with Crippen LogP contribution in [0.4, 0.5) is 4.39 Å². The highest BCUT2D eigenvalue weighted by Gasteiger charge is 2.30. The Balaban J connectivity index is 1.73. The predicted octanol–water partition coefficient (Wildman–Crippen LogP) is 7.62. The van der Waals surface area contributed by atoms with Crippen molar-refractivity contribution in [2.75, 3.05) is 0 Å². The van der Waals surface area contributed by atoms with Crippen LogP contribution < -0.4 is 4.18 Å². The van der Waals surface area contributed by atoms with Crippen molar-refractivity contribution < 1.29 is 21.7 Å². The van der Waals surface area contributed by atoms with Gasteiger partial charge in [-0.25, -0.2) is 9.37 Å². The van der Waals surface area contributed by atoms with Crippen molar-refractivity contribution in [3.8, 4) is 5.88 Å². The zero-order chi connectivity index (χ0) is 28.3. The third kappa shape index (κ3) is 6.62. The number of hydrogen-bond donors (Lipinski definition) is 0. The van der Waals surface area contributed by atoms with Crippen LogP contribution in [-0.2, 0) is 28.1 Å². The molecule has 4 aromatic rings. The van der Waals surface area contributed by atoms with Gasteiger partial charge < -0.3 is 8.92 Å². The normalized spacial score (nSPS) is 12.2. The molecule has 39 heavy (non-hydrogen) atoms. The van der Waals surface area contributed by atoms with Gasteiger partial charge in [-0.15, -0.1) is 0 Å². The summed E-state index contributed by atoms with van der Waals surface area (Å²) in [5.41, 5.74) is 3.89. The molecular weight excluding hydrogens is 515 g/mol. The Morgan fingerprint density at radius 3 is 2.00 bits per heavy atom. The fourth-order valence-electron chi connectivity index (χ4n) is 4.39. The van der Waals surface area contributed by atoms with E-state index >= 15 is 0 Å². The van der Waals surface area contributed by atoms with Crippen molar-refractivity contribution in [2.24, 2.45) is 0 Å². The topological polar surface area (TPSA) is 78.4 Å². The van der Waals surface area contributed by atoms with Crippen LogP contribution in [0, 0.1) is 5.82 Å². The molecule has 0 aliphatic rings. The molecule has 0 unspecified atom stereocenters. The summed E-state index contributed by atoms with van der Waals surface area (Å²) in [6.07, 6.45) is 0. The van der Waals surface area contributed by atoms with Gasteiger partial charge in [0.1, 0.15) is 17.3 Å². The predicted molar refractivity (Wildman–Crippen MR) is 151 cm³/mol. The Kier molecular flexibility index (Phi) is 8.67. The Morgan fingerprint density at radius 2 is 1.41 bits per heavy atom. The van der Waals surface area contributed by atoms with Crippen LogP contribution in [0.2, 0.25) is 0 Å². The first kappa shape index (κ1) is 28.6. The standard InChI is InChI=1S/C31H35FN2O4S/c1-19(2)23-15-26(20(3)4)30(27(16-23)21(5)6)39(35,36)38-31-25-9-7-8-10-28(25)33-29(34-31)18-37-17-22-11-13-24(32)14-12-22/h7-16,19-21H,17-18H2,1-6H3. The van der Waals surface area contributed by atoms with E-state index in [1.54, 1.807) is 30.3 Å². The number of rotatable bonds is 10. The van der Waals surface area contributed by atoms with Gasteiger partial charge in [0.25, 0.3) is 0 Å². The van der Waals surface area contributed by atoms with Crippen molar-refractivity contribution >= 4 is 21.0 Å². The summed E-state index contributed by atoms with van der Waals surface area (Å²) in [6, 6.07) is 17.1. The minimum absolute atomic E-state index is 0.0240. The minimum atomic E-state index is -4.25. The summed E-state index contributed by atoms with van der Waals surface area (Å²) in [6.45, 7) is 12.4. The SMILES string of the molecule is CC(C)c1cc(C(C)C)c(S(=O)(=O)Oc2nc(COCc3ccc(F)cc3)nc3ccccc23)c(C(C)C)c1. The van der Waals surface area contributed by atoms with E-state index in [9.17, 15) is 12.8 Å². The molecule has 0 spiro atoms. The molecule has 4 rings (SSSR count). The minimum Gasteiger partial charge on any atom is -0.369 e. The molecule has 0 N–H and O–H groups in total. The molecule has 6 nitrogen and oxygen atoms in total. The average molecular weight is 551 g/mol. The Morgan fingerprint density at radius 1 is 0.795 bits per heavy atom. The van der Waals surface area contributed by atoms with Gasteiger partial charge >= 0.3 is 10.1 Å². The Bertz CT molecular complexity index is 1540. The van der Waals surface area contributed by atoms with E-state index < -0.39 is 10.1 Å². The molecule has 0 radical (unpaired) electrons. The van der Waals surface area contributed by atoms with Crippen molar-refractivity contribution in [3.63, 3.8) is 0 Å². The summed E-state index contributed by atoms with van der Waals surface area (Å²) in [5.74, 6) is 0.0996. The molecule has 1 aromatic heterocycles. The maximum Gasteiger partial charge on any atom is 0.341 e. The third-order valence-corrected chi connectivity index (χ3v) is 7.89. The largest absolute Gasteiger partial charge is 0.369 e. The van der Waals surface area contributed by atoms with E-state index in [0.29, 0.717) is 10.9 Å². The van der Waals surface area contributed by atoms with E-state index in [-0.39, 0.29) is 53.4 Å². The fraction of sp³-hybridized carbons (Fsp3) is 0.355. The summed E-state index contributed by atoms with van der Waals surface area (Å²) >= 11 is 0. The second-order valence-electron chi connectivity index (χ2n) is 10.6. The number of nitrogens with zero attached hydrogens (tertiary/aromatic N) is 2. The van der Waals surface area contributed by atoms with Gasteiger partial charge in [-0.1, -0.05) is 77.9 Å². The van der Waals surface area contributed by atoms with Gasteiger partial charge in [-0.2, -0.15) is 13.4 Å². The number of aromatic nitrogens is 2. The van der Waals surface area contributed by atoms with Gasteiger partial charge in [-0.05, 0) is 64.3 Å². The van der Waals surface area contributed by atoms with Crippen molar-refractivity contribution in [3.05, 3.63) is 94.6 Å². The lowest BCUT2D eigenvalue weighted by atomic mass is 9.89. The van der Waals surface area contributed by atoms with Crippen molar-refractivity contribution in [1.29, 1.82) is 0 Å². The smallest absolute Gasteiger partial charge is 0.341 e. The fourth-order valence-corrected chi connectivity index (χ4v) is 5.97. The molecule has 8 heteroatoms. The molecule has 0 saturated carbocycles. The number of ether oxygens (including phenoxy) is 1. The van der Waals surface area contributed by atoms with Crippen molar-refractivity contribution in [1.82, 2.24) is 9.97 Å². The highest BCUT2D eigenvalue weighted by molar-refractivity contribution is 7.87. The van der Waals surface area contributed by atoms with E-state index in [2.05, 4.69) is 23.8 Å². The molecule has 0 amide bonds. The Hall–Kier alpha value is -3.36. The summed E-state index contributed by atoms with van der Waals surface area (Å²) in [5, 5.41) is 0.486. The van der Waals surface area contributed by atoms with E-state index in [4.69, 9.17) is 8.92 Å². The van der Waals surface area contributed by atoms with Crippen LogP contribution in [0.5, 0.6) is 5.88 Å². The van der Waals surface area contributed by atoms with E-state index in [0.717, 1.165) is 22.3 Å². The maximum atomic E-state index is 14.0. The molecule has 0 aliphatic carbocycles. The summed E-state index contributed by atoms with van der Waals surface area (Å²) in [7, 11) is -4.25. The molecule has 3 aromatic carbocycles. The third-order valence-electron chi connectivity index (χ3n) is 6.55. The molecule has 0 saturated heterocycles. The molecule has 206 valence electrons. The molecule has 0 atom stereocenters. The number of fused-ring (bicyclic) bond motifs is 1. The lowest BCUT2D eigenvalue weighted by Gasteiger charge is -2.22. The van der Waals surface area contributed by atoms with Crippen LogP contribution >= 0.6 is 0 Å². The van der Waals surface area contributed by atoms with Crippen LogP contribution in [0.1, 0.15) is 87.4 Å². The second kappa shape index (κ2) is 11.8. The van der Waals surface area contributed by atoms with Crippen LogP contribution in [0.3, 0.4) is 0 Å². The van der Waals surface area contributed by atoms with Crippen molar-refractivity contribution in [2.45, 2.75) is 77.4 Å². The first-order valence-corrected chi connectivity index (χ1v) is 14.6. The summed E-state index contributed by atoms with van der Waals surface area (Å²) in [4.78, 5) is 9.19. The highest BCUT2D eigenvalue weighted by atomic mass is 32.2. The quantitative estimate of drug-likeness (QED) is 0.189. The second-order valence-corrected chi connectivity index (χ2v) is 12.1. The zero-order valence-electron chi connectivity index (χ0n) is 23.2. The zero-order valence-corrected chi connectivity index (χ0v) is 24.0. The molecule has 0 fully saturated rings. The lowest BCUT2D eigenvalue weighted by Crippen LogP contribution is -2.18. The number of benzene rings is 3. The monoisotopic (exact) mass is 550 g/mol. The van der Waals surface area contributed by atoms with Gasteiger partial charge in [-0.3, -0.25) is 0 Å². The van der Waals surface area contributed by atoms with Gasteiger partial charge in [0.05, 0.1) is 17.5 Å². The highest BCUT2D eigenvalue weighted by Crippen LogP contribution is 2.37. The lowest BCUT2D eigenvalue weighted by molar-refractivity contribution is 0.102. The van der Waals surface area contributed by atoms with E-state index in [1.807, 2.05) is 45.9 Å². The number of hydrogen-bond acceptors (Lipinski definition) is 6. The maximum absolute atomic E-state index is 14.0. The van der Waals surface area contributed by atoms with Gasteiger partial charge in [0.2, 0.25) is 5.88 Å². The molecule has 0 bridgehead atoms. The molecular formula is C31H35FN2O4S. The molecule has 1 heterocycles. The number of para-hydroxylation sites is 1. The van der Waals surface area contributed by atoms with Crippen LogP contribution in [-0.4, -0.2) is 18.4 Å². The van der Waals surface area contributed by atoms with Crippen LogP contribution in [0.25, 0.3) is 10.9 Å². The van der Waals surface area contributed by atoms with Gasteiger partial charge in [0.15, 0.2) is 5.82 Å². The van der Waals surface area contributed by atoms with Gasteiger partial charge in [0, 0.05) is 0 Å². The Labute approximate surface area is 230 Å². The first-order chi connectivity index (χ1) is 18.5. The first-order valence-electron chi connectivity index (χ1n) is 13.2.